The molecular formula is C14H21IN2O. The van der Waals surface area contributed by atoms with Crippen LogP contribution < -0.4 is 5.32 Å². The Balaban J connectivity index is 2.16. The van der Waals surface area contributed by atoms with Gasteiger partial charge in [0.25, 0.3) is 5.91 Å². The largest absolute Gasteiger partial charge is 0.352 e. The van der Waals surface area contributed by atoms with Gasteiger partial charge in [-0.1, -0.05) is 6.42 Å². The lowest BCUT2D eigenvalue weighted by atomic mass is 10.2. The number of benzene rings is 1. The van der Waals surface area contributed by atoms with Crippen molar-refractivity contribution in [3.63, 3.8) is 0 Å². The predicted octanol–water partition coefficient (Wildman–Crippen LogP) is 2.75. The van der Waals surface area contributed by atoms with Crippen LogP contribution in [0.4, 0.5) is 0 Å². The van der Waals surface area contributed by atoms with E-state index in [2.05, 4.69) is 46.9 Å². The van der Waals surface area contributed by atoms with Crippen molar-refractivity contribution >= 4 is 28.5 Å². The van der Waals surface area contributed by atoms with Crippen molar-refractivity contribution < 1.29 is 4.79 Å². The van der Waals surface area contributed by atoms with Crippen molar-refractivity contribution in [3.05, 3.63) is 33.4 Å². The number of carbonyl (C=O) groups excluding carboxylic acids is 1. The molecule has 0 aliphatic carbocycles. The number of halogens is 1. The first kappa shape index (κ1) is 15.4. The molecule has 1 N–H and O–H groups in total. The van der Waals surface area contributed by atoms with Crippen LogP contribution in [0.1, 0.15) is 29.6 Å². The van der Waals surface area contributed by atoms with Gasteiger partial charge in [-0.2, -0.15) is 0 Å². The molecule has 0 saturated carbocycles. The number of amides is 1. The zero-order chi connectivity index (χ0) is 13.4. The number of hydrogen-bond donors (Lipinski definition) is 1. The number of rotatable bonds is 7. The summed E-state index contributed by atoms with van der Waals surface area (Å²) in [7, 11) is 4.16. The van der Waals surface area contributed by atoms with Crippen molar-refractivity contribution in [1.82, 2.24) is 10.2 Å². The van der Waals surface area contributed by atoms with E-state index in [4.69, 9.17) is 0 Å². The molecule has 0 bridgehead atoms. The van der Waals surface area contributed by atoms with Crippen LogP contribution in [-0.4, -0.2) is 38.0 Å². The van der Waals surface area contributed by atoms with Gasteiger partial charge in [-0.05, 0) is 80.3 Å². The maximum Gasteiger partial charge on any atom is 0.251 e. The van der Waals surface area contributed by atoms with Gasteiger partial charge in [0.2, 0.25) is 0 Å². The second-order valence-electron chi connectivity index (χ2n) is 4.63. The van der Waals surface area contributed by atoms with Crippen molar-refractivity contribution in [3.8, 4) is 0 Å². The topological polar surface area (TPSA) is 32.3 Å². The van der Waals surface area contributed by atoms with E-state index >= 15 is 0 Å². The molecule has 0 aromatic heterocycles. The molecule has 0 aliphatic heterocycles. The minimum absolute atomic E-state index is 0.0269. The molecule has 0 aliphatic rings. The van der Waals surface area contributed by atoms with Crippen LogP contribution in [-0.2, 0) is 0 Å². The Labute approximate surface area is 123 Å². The third kappa shape index (κ3) is 6.35. The van der Waals surface area contributed by atoms with Gasteiger partial charge in [0.1, 0.15) is 0 Å². The maximum atomic E-state index is 11.8. The molecule has 4 heteroatoms. The molecule has 1 rings (SSSR count). The van der Waals surface area contributed by atoms with E-state index < -0.39 is 0 Å². The Morgan fingerprint density at radius 2 is 1.83 bits per heavy atom. The van der Waals surface area contributed by atoms with Gasteiger partial charge in [0.05, 0.1) is 0 Å². The van der Waals surface area contributed by atoms with Crippen LogP contribution in [0.2, 0.25) is 0 Å². The Morgan fingerprint density at radius 1 is 1.17 bits per heavy atom. The van der Waals surface area contributed by atoms with E-state index in [9.17, 15) is 4.79 Å². The predicted molar refractivity (Wildman–Crippen MR) is 83.9 cm³/mol. The van der Waals surface area contributed by atoms with E-state index in [-0.39, 0.29) is 5.91 Å². The Kier molecular flexibility index (Phi) is 7.27. The van der Waals surface area contributed by atoms with Crippen LogP contribution in [0.15, 0.2) is 24.3 Å². The van der Waals surface area contributed by atoms with Crippen LogP contribution >= 0.6 is 22.6 Å². The normalized spacial score (nSPS) is 10.7. The molecule has 1 aromatic rings. The molecular weight excluding hydrogens is 335 g/mol. The highest BCUT2D eigenvalue weighted by atomic mass is 123. The number of nitrogens with zero attached hydrogens (tertiary/aromatic N) is 1. The van der Waals surface area contributed by atoms with Crippen molar-refractivity contribution in [1.29, 1.82) is 0 Å². The van der Waals surface area contributed by atoms with Crippen LogP contribution in [0.25, 0.3) is 0 Å². The summed E-state index contributed by atoms with van der Waals surface area (Å²) in [5.41, 5.74) is 0.740. The highest BCUT2D eigenvalue weighted by Gasteiger charge is 2.03. The fourth-order valence-electron chi connectivity index (χ4n) is 1.64. The van der Waals surface area contributed by atoms with Gasteiger partial charge in [-0.3, -0.25) is 4.79 Å². The third-order valence-corrected chi connectivity index (χ3v) is 3.39. The van der Waals surface area contributed by atoms with E-state index in [0.29, 0.717) is 0 Å². The third-order valence-electron chi connectivity index (χ3n) is 2.67. The SMILES string of the molecule is CN(C)CCCCCNC(=O)c1ccc([123I])cc1. The Bertz CT molecular complexity index is 363. The maximum absolute atomic E-state index is 11.8. The molecule has 0 spiro atoms. The van der Waals surface area contributed by atoms with Gasteiger partial charge in [-0.25, -0.2) is 0 Å². The summed E-state index contributed by atoms with van der Waals surface area (Å²) in [5.74, 6) is 0.0269. The van der Waals surface area contributed by atoms with Gasteiger partial charge in [0.15, 0.2) is 0 Å². The number of carbonyl (C=O) groups is 1. The zero-order valence-corrected chi connectivity index (χ0v) is 13.2. The summed E-state index contributed by atoms with van der Waals surface area (Å²) in [6, 6.07) is 7.63. The standard InChI is InChI=1S/C14H21IN2O/c1-17(2)11-5-3-4-10-16-14(18)12-6-8-13(15)9-7-12/h6-9H,3-5,10-11H2,1-2H3,(H,16,18)/i15-4. The monoisotopic (exact) mass is 356 g/mol. The molecule has 100 valence electrons. The first-order chi connectivity index (χ1) is 8.59. The highest BCUT2D eigenvalue weighted by Crippen LogP contribution is 2.06. The molecule has 3 nitrogen and oxygen atoms in total. The fraction of sp³-hybridized carbons (Fsp3) is 0.500. The molecule has 0 heterocycles. The Hall–Kier alpha value is -0.620. The van der Waals surface area contributed by atoms with Crippen LogP contribution in [0.5, 0.6) is 0 Å². The first-order valence-electron chi connectivity index (χ1n) is 6.28. The lowest BCUT2D eigenvalue weighted by molar-refractivity contribution is 0.0953. The summed E-state index contributed by atoms with van der Waals surface area (Å²) >= 11 is 2.23. The molecule has 0 fully saturated rings. The summed E-state index contributed by atoms with van der Waals surface area (Å²) < 4.78 is 1.15. The quantitative estimate of drug-likeness (QED) is 0.602. The van der Waals surface area contributed by atoms with E-state index in [1.165, 1.54) is 6.42 Å². The van der Waals surface area contributed by atoms with Crippen molar-refractivity contribution in [2.75, 3.05) is 27.2 Å². The van der Waals surface area contributed by atoms with Gasteiger partial charge < -0.3 is 10.2 Å². The molecule has 0 atom stereocenters. The molecule has 0 saturated heterocycles. The second kappa shape index (κ2) is 8.48. The first-order valence-corrected chi connectivity index (χ1v) is 7.36. The summed E-state index contributed by atoms with van der Waals surface area (Å²) in [5, 5.41) is 2.95. The average Bonchev–Trinajstić information content (AvgIpc) is 2.34. The van der Waals surface area contributed by atoms with E-state index in [0.717, 1.165) is 35.1 Å². The summed E-state index contributed by atoms with van der Waals surface area (Å²) in [6.07, 6.45) is 3.39. The smallest absolute Gasteiger partial charge is 0.251 e. The van der Waals surface area contributed by atoms with Crippen molar-refractivity contribution in [2.45, 2.75) is 19.3 Å². The van der Waals surface area contributed by atoms with Crippen molar-refractivity contribution in [2.24, 2.45) is 0 Å². The minimum Gasteiger partial charge on any atom is -0.352 e. The molecule has 1 aromatic carbocycles. The van der Waals surface area contributed by atoms with Crippen LogP contribution in [0, 0.1) is 3.57 Å². The van der Waals surface area contributed by atoms with Gasteiger partial charge in [-0.15, -0.1) is 0 Å². The average molecular weight is 356 g/mol. The van der Waals surface area contributed by atoms with Crippen LogP contribution in [0.3, 0.4) is 0 Å². The summed E-state index contributed by atoms with van der Waals surface area (Å²) in [6.45, 7) is 1.88. The lowest BCUT2D eigenvalue weighted by Crippen LogP contribution is -2.24. The zero-order valence-electron chi connectivity index (χ0n) is 11.1. The molecule has 0 radical (unpaired) electrons. The molecule has 1 amide bonds. The molecule has 0 unspecified atom stereocenters. The highest BCUT2D eigenvalue weighted by molar-refractivity contribution is 14.1. The minimum atomic E-state index is 0.0269. The van der Waals surface area contributed by atoms with Gasteiger partial charge in [0, 0.05) is 15.7 Å². The van der Waals surface area contributed by atoms with E-state index in [1.807, 2.05) is 24.3 Å². The number of unbranched alkanes of at least 4 members (excludes halogenated alkanes) is 2. The lowest BCUT2D eigenvalue weighted by Gasteiger charge is -2.09. The molecule has 18 heavy (non-hydrogen) atoms. The van der Waals surface area contributed by atoms with E-state index in [1.54, 1.807) is 0 Å². The number of nitrogens with one attached hydrogen (secondary N) is 1. The number of hydrogen-bond acceptors (Lipinski definition) is 2. The fourth-order valence-corrected chi connectivity index (χ4v) is 1.99. The Morgan fingerprint density at radius 3 is 2.44 bits per heavy atom. The van der Waals surface area contributed by atoms with Gasteiger partial charge >= 0.3 is 0 Å². The second-order valence-corrected chi connectivity index (χ2v) is 5.87. The summed E-state index contributed by atoms with van der Waals surface area (Å²) in [4.78, 5) is 14.0.